The average Bonchev–Trinajstić information content (AvgIpc) is 2.36. The predicted molar refractivity (Wildman–Crippen MR) is 72.7 cm³/mol. The highest BCUT2D eigenvalue weighted by molar-refractivity contribution is 5.81. The second-order valence-corrected chi connectivity index (χ2v) is 4.42. The summed E-state index contributed by atoms with van der Waals surface area (Å²) < 4.78 is 0. The van der Waals surface area contributed by atoms with Crippen LogP contribution < -0.4 is 10.9 Å². The van der Waals surface area contributed by atoms with Crippen LogP contribution in [0.4, 0.5) is 0 Å². The Morgan fingerprint density at radius 2 is 2.22 bits per heavy atom. The van der Waals surface area contributed by atoms with Crippen molar-refractivity contribution in [1.29, 1.82) is 0 Å². The first-order chi connectivity index (χ1) is 8.72. The van der Waals surface area contributed by atoms with Crippen molar-refractivity contribution in [1.82, 2.24) is 10.3 Å². The first-order valence-electron chi connectivity index (χ1n) is 6.15. The van der Waals surface area contributed by atoms with Gasteiger partial charge in [0, 0.05) is 18.7 Å². The number of hydrogen-bond donors (Lipinski definition) is 3. The van der Waals surface area contributed by atoms with E-state index in [0.717, 1.165) is 22.0 Å². The van der Waals surface area contributed by atoms with E-state index in [1.807, 2.05) is 31.2 Å². The lowest BCUT2D eigenvalue weighted by atomic mass is 10.1. The first kappa shape index (κ1) is 12.8. The van der Waals surface area contributed by atoms with Crippen molar-refractivity contribution < 1.29 is 5.11 Å². The molecule has 4 heteroatoms. The van der Waals surface area contributed by atoms with Gasteiger partial charge in [-0.25, -0.2) is 0 Å². The molecule has 0 aliphatic rings. The predicted octanol–water partition coefficient (Wildman–Crippen LogP) is 1.31. The number of benzene rings is 1. The number of aliphatic hydroxyl groups is 1. The molecule has 1 aromatic heterocycles. The van der Waals surface area contributed by atoms with Gasteiger partial charge in [-0.3, -0.25) is 4.79 Å². The van der Waals surface area contributed by atoms with E-state index in [1.165, 1.54) is 0 Å². The summed E-state index contributed by atoms with van der Waals surface area (Å²) in [6.07, 6.45) is 0.699. The van der Waals surface area contributed by atoms with Gasteiger partial charge in [-0.1, -0.05) is 18.2 Å². The zero-order chi connectivity index (χ0) is 13.0. The highest BCUT2D eigenvalue weighted by atomic mass is 16.3. The number of aliphatic hydroxyl groups excluding tert-OH is 1. The monoisotopic (exact) mass is 246 g/mol. The molecule has 0 saturated heterocycles. The van der Waals surface area contributed by atoms with Gasteiger partial charge in [-0.05, 0) is 36.9 Å². The summed E-state index contributed by atoms with van der Waals surface area (Å²) in [4.78, 5) is 14.8. The van der Waals surface area contributed by atoms with E-state index in [2.05, 4.69) is 10.3 Å². The third-order valence-corrected chi connectivity index (χ3v) is 2.99. The van der Waals surface area contributed by atoms with Crippen LogP contribution in [0.5, 0.6) is 0 Å². The second kappa shape index (κ2) is 5.80. The highest BCUT2D eigenvalue weighted by Gasteiger charge is 2.03. The first-order valence-corrected chi connectivity index (χ1v) is 6.15. The van der Waals surface area contributed by atoms with Gasteiger partial charge in [0.15, 0.2) is 0 Å². The Labute approximate surface area is 106 Å². The van der Waals surface area contributed by atoms with Crippen molar-refractivity contribution in [3.05, 3.63) is 45.7 Å². The van der Waals surface area contributed by atoms with Crippen molar-refractivity contribution in [3.8, 4) is 0 Å². The van der Waals surface area contributed by atoms with Gasteiger partial charge < -0.3 is 15.4 Å². The van der Waals surface area contributed by atoms with Gasteiger partial charge in [0.2, 0.25) is 0 Å². The summed E-state index contributed by atoms with van der Waals surface area (Å²) in [6.45, 7) is 3.39. The number of aryl methyl sites for hydroxylation is 1. The minimum Gasteiger partial charge on any atom is -0.396 e. The molecule has 0 aliphatic carbocycles. The molecule has 2 rings (SSSR count). The van der Waals surface area contributed by atoms with E-state index >= 15 is 0 Å². The van der Waals surface area contributed by atoms with Crippen LogP contribution in [-0.4, -0.2) is 23.2 Å². The minimum absolute atomic E-state index is 0.0479. The Kier molecular flexibility index (Phi) is 4.12. The molecule has 0 unspecified atom stereocenters. The molecule has 0 radical (unpaired) electrons. The van der Waals surface area contributed by atoms with E-state index in [1.54, 1.807) is 0 Å². The highest BCUT2D eigenvalue weighted by Crippen LogP contribution is 2.14. The fourth-order valence-electron chi connectivity index (χ4n) is 1.99. The van der Waals surface area contributed by atoms with E-state index in [9.17, 15) is 4.79 Å². The lowest BCUT2D eigenvalue weighted by molar-refractivity contribution is 0.286. The van der Waals surface area contributed by atoms with Crippen LogP contribution in [0.25, 0.3) is 10.9 Å². The minimum atomic E-state index is -0.0479. The molecule has 96 valence electrons. The Morgan fingerprint density at radius 3 is 3.00 bits per heavy atom. The number of aromatic amines is 1. The quantitative estimate of drug-likeness (QED) is 0.697. The second-order valence-electron chi connectivity index (χ2n) is 4.42. The molecular formula is C14H18N2O2. The SMILES string of the molecule is Cc1cccc2cc(CNCCCO)c(=O)[nH]c12. The van der Waals surface area contributed by atoms with Gasteiger partial charge in [0.25, 0.3) is 5.56 Å². The lowest BCUT2D eigenvalue weighted by Gasteiger charge is -2.06. The molecule has 0 fully saturated rings. The Morgan fingerprint density at radius 1 is 1.39 bits per heavy atom. The number of nitrogens with one attached hydrogen (secondary N) is 2. The maximum Gasteiger partial charge on any atom is 0.252 e. The summed E-state index contributed by atoms with van der Waals surface area (Å²) in [7, 11) is 0. The van der Waals surface area contributed by atoms with E-state index in [-0.39, 0.29) is 12.2 Å². The molecule has 0 atom stereocenters. The zero-order valence-corrected chi connectivity index (χ0v) is 10.5. The molecule has 18 heavy (non-hydrogen) atoms. The standard InChI is InChI=1S/C14H18N2O2/c1-10-4-2-5-11-8-12(9-15-6-3-7-17)14(18)16-13(10)11/h2,4-5,8,15,17H,3,6-7,9H2,1H3,(H,16,18). The van der Waals surface area contributed by atoms with Crippen molar-refractivity contribution in [3.63, 3.8) is 0 Å². The molecule has 1 aromatic carbocycles. The van der Waals surface area contributed by atoms with Crippen molar-refractivity contribution in [2.75, 3.05) is 13.2 Å². The molecule has 4 nitrogen and oxygen atoms in total. The topological polar surface area (TPSA) is 65.1 Å². The molecule has 0 aliphatic heterocycles. The summed E-state index contributed by atoms with van der Waals surface area (Å²) >= 11 is 0. The number of rotatable bonds is 5. The van der Waals surface area contributed by atoms with Gasteiger partial charge in [-0.2, -0.15) is 0 Å². The normalized spacial score (nSPS) is 11.0. The van der Waals surface area contributed by atoms with Crippen molar-refractivity contribution in [2.45, 2.75) is 19.9 Å². The summed E-state index contributed by atoms with van der Waals surface area (Å²) in [5.41, 5.74) is 2.66. The van der Waals surface area contributed by atoms with Gasteiger partial charge in [-0.15, -0.1) is 0 Å². The van der Waals surface area contributed by atoms with E-state index < -0.39 is 0 Å². The molecule has 0 saturated carbocycles. The van der Waals surface area contributed by atoms with Crippen LogP contribution >= 0.6 is 0 Å². The third kappa shape index (κ3) is 2.78. The number of pyridine rings is 1. The summed E-state index contributed by atoms with van der Waals surface area (Å²) in [5.74, 6) is 0. The van der Waals surface area contributed by atoms with Crippen LogP contribution in [0.3, 0.4) is 0 Å². The van der Waals surface area contributed by atoms with Gasteiger partial charge in [0.05, 0.1) is 5.52 Å². The van der Waals surface area contributed by atoms with Gasteiger partial charge >= 0.3 is 0 Å². The number of para-hydroxylation sites is 1. The Hall–Kier alpha value is -1.65. The zero-order valence-electron chi connectivity index (χ0n) is 10.5. The number of aromatic nitrogens is 1. The fourth-order valence-corrected chi connectivity index (χ4v) is 1.99. The molecule has 1 heterocycles. The van der Waals surface area contributed by atoms with Crippen LogP contribution in [0.1, 0.15) is 17.5 Å². The molecule has 0 bridgehead atoms. The number of H-pyrrole nitrogens is 1. The molecular weight excluding hydrogens is 228 g/mol. The maximum absolute atomic E-state index is 11.9. The van der Waals surface area contributed by atoms with Crippen molar-refractivity contribution >= 4 is 10.9 Å². The van der Waals surface area contributed by atoms with Gasteiger partial charge in [0.1, 0.15) is 0 Å². The average molecular weight is 246 g/mol. The van der Waals surface area contributed by atoms with E-state index in [4.69, 9.17) is 5.11 Å². The van der Waals surface area contributed by atoms with Crippen molar-refractivity contribution in [2.24, 2.45) is 0 Å². The van der Waals surface area contributed by atoms with Crippen LogP contribution in [0, 0.1) is 6.92 Å². The molecule has 3 N–H and O–H groups in total. The summed E-state index contributed by atoms with van der Waals surface area (Å²) in [5, 5.41) is 12.9. The lowest BCUT2D eigenvalue weighted by Crippen LogP contribution is -2.22. The summed E-state index contributed by atoms with van der Waals surface area (Å²) in [6, 6.07) is 7.89. The molecule has 2 aromatic rings. The van der Waals surface area contributed by atoms with Crippen LogP contribution in [-0.2, 0) is 6.54 Å². The Balaban J connectivity index is 2.24. The number of hydrogen-bond acceptors (Lipinski definition) is 3. The third-order valence-electron chi connectivity index (χ3n) is 2.99. The molecule has 0 spiro atoms. The van der Waals surface area contributed by atoms with E-state index in [0.29, 0.717) is 19.5 Å². The molecule has 0 amide bonds. The maximum atomic E-state index is 11.9. The Bertz CT molecular complexity index is 590. The van der Waals surface area contributed by atoms with Crippen LogP contribution in [0.15, 0.2) is 29.1 Å². The van der Waals surface area contributed by atoms with Crippen LogP contribution in [0.2, 0.25) is 0 Å². The number of fused-ring (bicyclic) bond motifs is 1. The largest absolute Gasteiger partial charge is 0.396 e. The smallest absolute Gasteiger partial charge is 0.252 e. The fraction of sp³-hybridized carbons (Fsp3) is 0.357.